The molecule has 2 saturated heterocycles. The monoisotopic (exact) mass is 363 g/mol. The minimum atomic E-state index is 0.415. The molecule has 2 aliphatic heterocycles. The van der Waals surface area contributed by atoms with Crippen LogP contribution in [0, 0.1) is 0 Å². The molecule has 138 valence electrons. The van der Waals surface area contributed by atoms with E-state index >= 15 is 0 Å². The summed E-state index contributed by atoms with van der Waals surface area (Å²) in [6.07, 6.45) is 3.66. The highest BCUT2D eigenvalue weighted by atomic mass is 35.5. The molecule has 0 saturated carbocycles. The summed E-state index contributed by atoms with van der Waals surface area (Å²) in [4.78, 5) is 9.64. The second-order valence-electron chi connectivity index (χ2n) is 7.05. The van der Waals surface area contributed by atoms with E-state index in [0.717, 1.165) is 43.6 Å². The van der Waals surface area contributed by atoms with Gasteiger partial charge in [-0.3, -0.25) is 4.99 Å². The second kappa shape index (κ2) is 8.77. The third-order valence-electron chi connectivity index (χ3n) is 5.18. The van der Waals surface area contributed by atoms with Crippen molar-refractivity contribution in [2.45, 2.75) is 38.3 Å². The first kappa shape index (κ1) is 18.3. The number of nitrogens with one attached hydrogen (secondary N) is 2. The molecule has 0 radical (unpaired) electrons. The van der Waals surface area contributed by atoms with Gasteiger partial charge < -0.3 is 20.4 Å². The van der Waals surface area contributed by atoms with E-state index in [9.17, 15) is 0 Å². The van der Waals surface area contributed by atoms with Crippen LogP contribution in [0.5, 0.6) is 0 Å². The van der Waals surface area contributed by atoms with Crippen LogP contribution in [-0.2, 0) is 0 Å². The molecule has 1 aromatic rings. The Morgan fingerprint density at radius 2 is 2.20 bits per heavy atom. The highest BCUT2D eigenvalue weighted by molar-refractivity contribution is 6.30. The molecule has 0 amide bonds. The number of benzene rings is 1. The molecule has 2 unspecified atom stereocenters. The van der Waals surface area contributed by atoms with E-state index in [4.69, 9.17) is 16.6 Å². The summed E-state index contributed by atoms with van der Waals surface area (Å²) in [5, 5.41) is 7.80. The summed E-state index contributed by atoms with van der Waals surface area (Å²) in [6, 6.07) is 9.11. The second-order valence-corrected chi connectivity index (χ2v) is 7.49. The number of anilines is 1. The van der Waals surface area contributed by atoms with Crippen LogP contribution in [0.4, 0.5) is 5.69 Å². The van der Waals surface area contributed by atoms with Gasteiger partial charge in [-0.05, 0) is 58.0 Å². The maximum Gasteiger partial charge on any atom is 0.191 e. The van der Waals surface area contributed by atoms with Gasteiger partial charge in [0.05, 0.1) is 6.54 Å². The van der Waals surface area contributed by atoms with Crippen molar-refractivity contribution >= 4 is 23.2 Å². The van der Waals surface area contributed by atoms with Gasteiger partial charge >= 0.3 is 0 Å². The standard InChI is InChI=1S/C19H30ClN5/c1-3-21-19(22-13-18-8-5-10-24(18)2)23-16-9-11-25(14-16)17-7-4-6-15(20)12-17/h4,6-7,12,16,18H,3,5,8-11,13-14H2,1-2H3,(H2,21,22,23). The fraction of sp³-hybridized carbons (Fsp3) is 0.632. The third-order valence-corrected chi connectivity index (χ3v) is 5.41. The zero-order valence-corrected chi connectivity index (χ0v) is 16.1. The number of guanidine groups is 1. The Hall–Kier alpha value is -1.46. The first-order valence-electron chi connectivity index (χ1n) is 9.41. The molecule has 2 aliphatic rings. The average Bonchev–Trinajstić information content (AvgIpc) is 3.22. The van der Waals surface area contributed by atoms with Gasteiger partial charge in [-0.1, -0.05) is 17.7 Å². The molecule has 0 aliphatic carbocycles. The largest absolute Gasteiger partial charge is 0.369 e. The topological polar surface area (TPSA) is 42.9 Å². The number of likely N-dealkylation sites (tertiary alicyclic amines) is 1. The van der Waals surface area contributed by atoms with E-state index < -0.39 is 0 Å². The summed E-state index contributed by atoms with van der Waals surface area (Å²) < 4.78 is 0. The van der Waals surface area contributed by atoms with E-state index in [1.807, 2.05) is 18.2 Å². The first-order chi connectivity index (χ1) is 12.2. The van der Waals surface area contributed by atoms with Crippen molar-refractivity contribution < 1.29 is 0 Å². The first-order valence-corrected chi connectivity index (χ1v) is 9.79. The van der Waals surface area contributed by atoms with Crippen molar-refractivity contribution in [3.63, 3.8) is 0 Å². The SMILES string of the molecule is CCNC(=NCC1CCCN1C)NC1CCN(c2cccc(Cl)c2)C1. The normalized spacial score (nSPS) is 24.8. The fourth-order valence-corrected chi connectivity index (χ4v) is 3.89. The van der Waals surface area contributed by atoms with Crippen molar-refractivity contribution in [1.82, 2.24) is 15.5 Å². The Kier molecular flexibility index (Phi) is 6.43. The van der Waals surface area contributed by atoms with Gasteiger partial charge in [-0.2, -0.15) is 0 Å². The van der Waals surface area contributed by atoms with E-state index in [1.165, 1.54) is 25.1 Å². The number of hydrogen-bond acceptors (Lipinski definition) is 3. The van der Waals surface area contributed by atoms with E-state index in [2.05, 4.69) is 40.5 Å². The van der Waals surface area contributed by atoms with Crippen LogP contribution in [0.15, 0.2) is 29.3 Å². The molecule has 0 aromatic heterocycles. The number of halogens is 1. The lowest BCUT2D eigenvalue weighted by molar-refractivity contribution is 0.317. The van der Waals surface area contributed by atoms with Crippen molar-refractivity contribution in [1.29, 1.82) is 0 Å². The average molecular weight is 364 g/mol. The minimum absolute atomic E-state index is 0.415. The third kappa shape index (κ3) is 5.02. The highest BCUT2D eigenvalue weighted by Crippen LogP contribution is 2.23. The van der Waals surface area contributed by atoms with Crippen LogP contribution in [0.2, 0.25) is 5.02 Å². The number of hydrogen-bond donors (Lipinski definition) is 2. The van der Waals surface area contributed by atoms with Crippen LogP contribution >= 0.6 is 11.6 Å². The lowest BCUT2D eigenvalue weighted by Crippen LogP contribution is -2.45. The zero-order valence-electron chi connectivity index (χ0n) is 15.3. The van der Waals surface area contributed by atoms with Crippen LogP contribution in [0.3, 0.4) is 0 Å². The molecule has 25 heavy (non-hydrogen) atoms. The van der Waals surface area contributed by atoms with Gasteiger partial charge in [0.25, 0.3) is 0 Å². The van der Waals surface area contributed by atoms with Crippen LogP contribution in [-0.4, -0.2) is 62.7 Å². The van der Waals surface area contributed by atoms with Gasteiger partial charge in [0.2, 0.25) is 0 Å². The molecular formula is C19H30ClN5. The predicted octanol–water partition coefficient (Wildman–Crippen LogP) is 2.57. The summed E-state index contributed by atoms with van der Waals surface area (Å²) in [5.74, 6) is 0.945. The van der Waals surface area contributed by atoms with E-state index in [1.54, 1.807) is 0 Å². The minimum Gasteiger partial charge on any atom is -0.369 e. The van der Waals surface area contributed by atoms with Crippen molar-refractivity contribution in [3.8, 4) is 0 Å². The Labute approximate surface area is 156 Å². The lowest BCUT2D eigenvalue weighted by atomic mass is 10.2. The molecule has 6 heteroatoms. The summed E-state index contributed by atoms with van der Waals surface area (Å²) >= 11 is 6.13. The Balaban J connectivity index is 1.55. The quantitative estimate of drug-likeness (QED) is 0.623. The maximum absolute atomic E-state index is 6.13. The molecule has 0 bridgehead atoms. The van der Waals surface area contributed by atoms with Crippen molar-refractivity contribution in [2.75, 3.05) is 44.7 Å². The predicted molar refractivity (Wildman–Crippen MR) is 107 cm³/mol. The Morgan fingerprint density at radius 1 is 1.32 bits per heavy atom. The van der Waals surface area contributed by atoms with Gasteiger partial charge in [0.15, 0.2) is 5.96 Å². The molecule has 0 spiro atoms. The Morgan fingerprint density at radius 3 is 2.92 bits per heavy atom. The number of likely N-dealkylation sites (N-methyl/N-ethyl adjacent to an activating group) is 1. The molecule has 5 nitrogen and oxygen atoms in total. The number of nitrogens with zero attached hydrogens (tertiary/aromatic N) is 3. The summed E-state index contributed by atoms with van der Waals surface area (Å²) in [5.41, 5.74) is 1.20. The lowest BCUT2D eigenvalue weighted by Gasteiger charge is -2.21. The molecule has 2 fully saturated rings. The Bertz CT molecular complexity index is 591. The molecule has 2 heterocycles. The summed E-state index contributed by atoms with van der Waals surface area (Å²) in [7, 11) is 2.20. The number of aliphatic imine (C=N–C) groups is 1. The van der Waals surface area contributed by atoms with Gasteiger partial charge in [0, 0.05) is 42.4 Å². The van der Waals surface area contributed by atoms with Crippen LogP contribution in [0.25, 0.3) is 0 Å². The fourth-order valence-electron chi connectivity index (χ4n) is 3.71. The van der Waals surface area contributed by atoms with Crippen LogP contribution in [0.1, 0.15) is 26.2 Å². The van der Waals surface area contributed by atoms with E-state index in [0.29, 0.717) is 12.1 Å². The molecule has 2 atom stereocenters. The highest BCUT2D eigenvalue weighted by Gasteiger charge is 2.24. The molecular weight excluding hydrogens is 334 g/mol. The zero-order chi connectivity index (χ0) is 17.6. The van der Waals surface area contributed by atoms with Crippen molar-refractivity contribution in [3.05, 3.63) is 29.3 Å². The molecule has 3 rings (SSSR count). The van der Waals surface area contributed by atoms with E-state index in [-0.39, 0.29) is 0 Å². The van der Waals surface area contributed by atoms with Gasteiger partial charge in [-0.15, -0.1) is 0 Å². The molecule has 2 N–H and O–H groups in total. The number of rotatable bonds is 5. The van der Waals surface area contributed by atoms with Gasteiger partial charge in [0.1, 0.15) is 0 Å². The summed E-state index contributed by atoms with van der Waals surface area (Å²) in [6.45, 7) is 7.09. The van der Waals surface area contributed by atoms with Crippen molar-refractivity contribution in [2.24, 2.45) is 4.99 Å². The maximum atomic E-state index is 6.13. The van der Waals surface area contributed by atoms with Crippen LogP contribution < -0.4 is 15.5 Å². The molecule has 1 aromatic carbocycles. The smallest absolute Gasteiger partial charge is 0.191 e. The van der Waals surface area contributed by atoms with Gasteiger partial charge in [-0.25, -0.2) is 0 Å².